The third-order valence-corrected chi connectivity index (χ3v) is 4.13. The number of para-hydroxylation sites is 1. The monoisotopic (exact) mass is 292 g/mol. The molecule has 0 spiro atoms. The third kappa shape index (κ3) is 3.23. The second-order valence-corrected chi connectivity index (χ2v) is 6.08. The Hall–Kier alpha value is -2.06. The summed E-state index contributed by atoms with van der Waals surface area (Å²) in [6.45, 7) is 6.40. The molecule has 114 valence electrons. The highest BCUT2D eigenvalue weighted by Crippen LogP contribution is 2.24. The van der Waals surface area contributed by atoms with E-state index in [1.54, 1.807) is 0 Å². The lowest BCUT2D eigenvalue weighted by molar-refractivity contribution is 0.616. The maximum absolute atomic E-state index is 3.58. The first-order valence-corrected chi connectivity index (χ1v) is 8.09. The van der Waals surface area contributed by atoms with Crippen molar-refractivity contribution in [2.45, 2.75) is 32.9 Å². The van der Waals surface area contributed by atoms with Crippen LogP contribution < -0.4 is 5.32 Å². The number of benzene rings is 2. The van der Waals surface area contributed by atoms with Crippen LogP contribution in [0.5, 0.6) is 0 Å². The van der Waals surface area contributed by atoms with Crippen LogP contribution in [0.4, 0.5) is 0 Å². The molecule has 0 saturated heterocycles. The van der Waals surface area contributed by atoms with E-state index < -0.39 is 0 Å². The molecule has 22 heavy (non-hydrogen) atoms. The molecule has 0 aliphatic carbocycles. The Bertz CT molecular complexity index is 726. The second kappa shape index (κ2) is 6.80. The summed E-state index contributed by atoms with van der Waals surface area (Å²) in [4.78, 5) is 0. The first kappa shape index (κ1) is 14.9. The van der Waals surface area contributed by atoms with Gasteiger partial charge in [0.1, 0.15) is 0 Å². The highest BCUT2D eigenvalue weighted by molar-refractivity contribution is 5.84. The van der Waals surface area contributed by atoms with Gasteiger partial charge in [-0.2, -0.15) is 0 Å². The summed E-state index contributed by atoms with van der Waals surface area (Å²) >= 11 is 0. The summed E-state index contributed by atoms with van der Waals surface area (Å²) < 4.78 is 2.36. The van der Waals surface area contributed by atoms with E-state index in [4.69, 9.17) is 0 Å². The molecule has 3 rings (SSSR count). The molecule has 0 saturated carbocycles. The van der Waals surface area contributed by atoms with Gasteiger partial charge in [-0.3, -0.25) is 0 Å². The number of rotatable bonds is 6. The lowest BCUT2D eigenvalue weighted by Gasteiger charge is -2.08. The minimum Gasteiger partial charge on any atom is -0.345 e. The maximum atomic E-state index is 3.58. The van der Waals surface area contributed by atoms with Gasteiger partial charge in [-0.1, -0.05) is 48.5 Å². The van der Waals surface area contributed by atoms with Crippen LogP contribution in [0.25, 0.3) is 10.9 Å². The molecule has 0 bridgehead atoms. The average molecular weight is 292 g/mol. The SMILES string of the molecule is CC(C)n1cc(CNCCc2ccccc2)c2ccccc21. The maximum Gasteiger partial charge on any atom is 0.0486 e. The normalized spacial score (nSPS) is 11.4. The van der Waals surface area contributed by atoms with Gasteiger partial charge in [-0.05, 0) is 44.0 Å². The zero-order valence-corrected chi connectivity index (χ0v) is 13.4. The van der Waals surface area contributed by atoms with Gasteiger partial charge in [0, 0.05) is 29.7 Å². The van der Waals surface area contributed by atoms with E-state index >= 15 is 0 Å². The Morgan fingerprint density at radius 1 is 0.955 bits per heavy atom. The highest BCUT2D eigenvalue weighted by atomic mass is 15.0. The van der Waals surface area contributed by atoms with Crippen molar-refractivity contribution in [2.75, 3.05) is 6.54 Å². The van der Waals surface area contributed by atoms with Crippen molar-refractivity contribution in [3.8, 4) is 0 Å². The molecule has 2 nitrogen and oxygen atoms in total. The smallest absolute Gasteiger partial charge is 0.0486 e. The van der Waals surface area contributed by atoms with Gasteiger partial charge < -0.3 is 9.88 Å². The summed E-state index contributed by atoms with van der Waals surface area (Å²) in [6, 6.07) is 19.8. The van der Waals surface area contributed by atoms with Gasteiger partial charge in [-0.15, -0.1) is 0 Å². The number of hydrogen-bond donors (Lipinski definition) is 1. The fourth-order valence-electron chi connectivity index (χ4n) is 2.95. The minimum atomic E-state index is 0.489. The van der Waals surface area contributed by atoms with Gasteiger partial charge in [0.15, 0.2) is 0 Å². The molecular weight excluding hydrogens is 268 g/mol. The molecule has 1 N–H and O–H groups in total. The first-order valence-electron chi connectivity index (χ1n) is 8.09. The van der Waals surface area contributed by atoms with Gasteiger partial charge in [-0.25, -0.2) is 0 Å². The third-order valence-electron chi connectivity index (χ3n) is 4.13. The predicted octanol–water partition coefficient (Wildman–Crippen LogP) is 4.55. The van der Waals surface area contributed by atoms with Crippen molar-refractivity contribution in [1.82, 2.24) is 9.88 Å². The zero-order valence-electron chi connectivity index (χ0n) is 13.4. The molecule has 0 atom stereocenters. The summed E-state index contributed by atoms with van der Waals surface area (Å²) in [6.07, 6.45) is 3.37. The van der Waals surface area contributed by atoms with E-state index in [-0.39, 0.29) is 0 Å². The van der Waals surface area contributed by atoms with Crippen LogP contribution in [0, 0.1) is 0 Å². The van der Waals surface area contributed by atoms with Gasteiger partial charge in [0.05, 0.1) is 0 Å². The molecule has 0 amide bonds. The topological polar surface area (TPSA) is 17.0 Å². The molecule has 0 radical (unpaired) electrons. The predicted molar refractivity (Wildman–Crippen MR) is 94.2 cm³/mol. The molecule has 2 heteroatoms. The molecule has 2 aromatic carbocycles. The molecular formula is C20H24N2. The van der Waals surface area contributed by atoms with E-state index in [9.17, 15) is 0 Å². The quantitative estimate of drug-likeness (QED) is 0.659. The number of fused-ring (bicyclic) bond motifs is 1. The molecule has 0 unspecified atom stereocenters. The van der Waals surface area contributed by atoms with E-state index in [0.29, 0.717) is 6.04 Å². The van der Waals surface area contributed by atoms with Crippen LogP contribution >= 0.6 is 0 Å². The summed E-state index contributed by atoms with van der Waals surface area (Å²) in [7, 11) is 0. The Balaban J connectivity index is 1.66. The van der Waals surface area contributed by atoms with E-state index in [0.717, 1.165) is 19.5 Å². The molecule has 1 aromatic heterocycles. The van der Waals surface area contributed by atoms with Crippen LogP contribution in [0.15, 0.2) is 60.8 Å². The standard InChI is InChI=1S/C20H24N2/c1-16(2)22-15-18(19-10-6-7-11-20(19)22)14-21-13-12-17-8-4-3-5-9-17/h3-11,15-16,21H,12-14H2,1-2H3. The summed E-state index contributed by atoms with van der Waals surface area (Å²) in [5.74, 6) is 0. The minimum absolute atomic E-state index is 0.489. The molecule has 0 aliphatic heterocycles. The molecule has 1 heterocycles. The second-order valence-electron chi connectivity index (χ2n) is 6.08. The number of nitrogens with zero attached hydrogens (tertiary/aromatic N) is 1. The number of aromatic nitrogens is 1. The van der Waals surface area contributed by atoms with Gasteiger partial charge >= 0.3 is 0 Å². The van der Waals surface area contributed by atoms with Crippen molar-refractivity contribution in [2.24, 2.45) is 0 Å². The Morgan fingerprint density at radius 2 is 1.68 bits per heavy atom. The Morgan fingerprint density at radius 3 is 2.45 bits per heavy atom. The van der Waals surface area contributed by atoms with Gasteiger partial charge in [0.2, 0.25) is 0 Å². The Labute approximate surface area is 132 Å². The lowest BCUT2D eigenvalue weighted by atomic mass is 10.1. The average Bonchev–Trinajstić information content (AvgIpc) is 2.92. The van der Waals surface area contributed by atoms with Crippen LogP contribution in [-0.2, 0) is 13.0 Å². The largest absolute Gasteiger partial charge is 0.345 e. The fourth-order valence-corrected chi connectivity index (χ4v) is 2.95. The first-order chi connectivity index (χ1) is 10.8. The van der Waals surface area contributed by atoms with Crippen LogP contribution in [0.1, 0.15) is 31.0 Å². The Kier molecular flexibility index (Phi) is 4.59. The van der Waals surface area contributed by atoms with Gasteiger partial charge in [0.25, 0.3) is 0 Å². The summed E-state index contributed by atoms with van der Waals surface area (Å²) in [5, 5.41) is 4.95. The van der Waals surface area contributed by atoms with Crippen LogP contribution in [0.2, 0.25) is 0 Å². The van der Waals surface area contributed by atoms with E-state index in [2.05, 4.69) is 84.5 Å². The van der Waals surface area contributed by atoms with E-state index in [1.165, 1.54) is 22.0 Å². The van der Waals surface area contributed by atoms with Crippen molar-refractivity contribution >= 4 is 10.9 Å². The zero-order chi connectivity index (χ0) is 15.4. The van der Waals surface area contributed by atoms with E-state index in [1.807, 2.05) is 0 Å². The molecule has 0 fully saturated rings. The van der Waals surface area contributed by atoms with Crippen molar-refractivity contribution in [1.29, 1.82) is 0 Å². The van der Waals surface area contributed by atoms with Crippen LogP contribution in [-0.4, -0.2) is 11.1 Å². The van der Waals surface area contributed by atoms with Crippen molar-refractivity contribution in [3.63, 3.8) is 0 Å². The van der Waals surface area contributed by atoms with Crippen LogP contribution in [0.3, 0.4) is 0 Å². The lowest BCUT2D eigenvalue weighted by Crippen LogP contribution is -2.16. The number of hydrogen-bond acceptors (Lipinski definition) is 1. The van der Waals surface area contributed by atoms with Crippen molar-refractivity contribution in [3.05, 3.63) is 71.9 Å². The summed E-state index contributed by atoms with van der Waals surface area (Å²) in [5.41, 5.74) is 4.11. The fraction of sp³-hybridized carbons (Fsp3) is 0.300. The number of nitrogens with one attached hydrogen (secondary N) is 1. The van der Waals surface area contributed by atoms with Crippen molar-refractivity contribution < 1.29 is 0 Å². The molecule has 0 aliphatic rings. The molecule has 3 aromatic rings. The highest BCUT2D eigenvalue weighted by Gasteiger charge is 2.09.